The lowest BCUT2D eigenvalue weighted by Gasteiger charge is -2.15. The number of rotatable bonds is 8. The van der Waals surface area contributed by atoms with Crippen molar-refractivity contribution in [3.8, 4) is 5.75 Å². The second kappa shape index (κ2) is 9.49. The molecule has 1 atom stereocenters. The van der Waals surface area contributed by atoms with E-state index >= 15 is 0 Å². The fourth-order valence-electron chi connectivity index (χ4n) is 3.16. The second-order valence-corrected chi connectivity index (χ2v) is 8.96. The van der Waals surface area contributed by atoms with Gasteiger partial charge in [0, 0.05) is 6.54 Å². The highest BCUT2D eigenvalue weighted by atomic mass is 32.2. The third-order valence-corrected chi connectivity index (χ3v) is 6.52. The van der Waals surface area contributed by atoms with Crippen LogP contribution in [0.5, 0.6) is 5.75 Å². The molecule has 1 N–H and O–H groups in total. The highest BCUT2D eigenvalue weighted by Gasteiger charge is 2.19. The topological polar surface area (TPSA) is 81.9 Å². The van der Waals surface area contributed by atoms with Crippen LogP contribution in [0.4, 0.5) is 5.13 Å². The largest absolute Gasteiger partial charge is 0.483 e. The average Bonchev–Trinajstić information content (AvgIpc) is 3.35. The van der Waals surface area contributed by atoms with Gasteiger partial charge >= 0.3 is 0 Å². The van der Waals surface area contributed by atoms with Crippen LogP contribution in [0, 0.1) is 6.92 Å². The second-order valence-electron chi connectivity index (χ2n) is 6.99. The van der Waals surface area contributed by atoms with Crippen LogP contribution in [0.3, 0.4) is 0 Å². The minimum absolute atomic E-state index is 0.125. The van der Waals surface area contributed by atoms with Gasteiger partial charge in [-0.25, -0.2) is 4.98 Å². The van der Waals surface area contributed by atoms with E-state index in [9.17, 15) is 4.79 Å². The number of hydrogen-bond donors (Lipinski definition) is 1. The summed E-state index contributed by atoms with van der Waals surface area (Å²) in [5.74, 6) is 1.63. The molecule has 31 heavy (non-hydrogen) atoms. The summed E-state index contributed by atoms with van der Waals surface area (Å²) in [6.07, 6.45) is -0.264. The van der Waals surface area contributed by atoms with E-state index in [1.807, 2.05) is 73.9 Å². The molecule has 9 heteroatoms. The fraction of sp³-hybridized carbons (Fsp3) is 0.273. The van der Waals surface area contributed by atoms with E-state index in [1.54, 1.807) is 0 Å². The molecule has 0 saturated carbocycles. The van der Waals surface area contributed by atoms with Gasteiger partial charge in [-0.05, 0) is 50.6 Å². The molecular weight excluding hydrogens is 430 g/mol. The summed E-state index contributed by atoms with van der Waals surface area (Å²) in [6.45, 7) is 6.69. The Morgan fingerprint density at radius 3 is 2.84 bits per heavy atom. The molecule has 4 aromatic rings. The Morgan fingerprint density at radius 1 is 1.23 bits per heavy atom. The monoisotopic (exact) mass is 453 g/mol. The minimum Gasteiger partial charge on any atom is -0.483 e. The Bertz CT molecular complexity index is 1170. The summed E-state index contributed by atoms with van der Waals surface area (Å²) in [7, 11) is 0. The number of para-hydroxylation sites is 1. The number of carbonyl (C=O) groups is 1. The van der Waals surface area contributed by atoms with Gasteiger partial charge in [-0.15, -0.1) is 10.2 Å². The number of thiazole rings is 1. The molecule has 7 nitrogen and oxygen atoms in total. The van der Waals surface area contributed by atoms with E-state index in [0.717, 1.165) is 27.4 Å². The normalized spacial score (nSPS) is 12.1. The van der Waals surface area contributed by atoms with Crippen molar-refractivity contribution in [3.63, 3.8) is 0 Å². The number of aromatic nitrogens is 4. The minimum atomic E-state index is -0.264. The molecule has 1 amide bonds. The van der Waals surface area contributed by atoms with Gasteiger partial charge in [0.2, 0.25) is 5.91 Å². The van der Waals surface area contributed by atoms with Gasteiger partial charge in [0.15, 0.2) is 22.2 Å². The quantitative estimate of drug-likeness (QED) is 0.374. The predicted molar refractivity (Wildman–Crippen MR) is 125 cm³/mol. The molecule has 2 aromatic carbocycles. The first-order chi connectivity index (χ1) is 15.0. The standard InChI is InChI=1S/C22H23N5O2S2/c1-4-27-20(15(3)29-16-9-7-8-14(2)12-16)25-26-22(27)30-13-19(28)24-21-23-17-10-5-6-11-18(17)31-21/h5-12,15H,4,13H2,1-3H3,(H,23,24,28). The van der Waals surface area contributed by atoms with Crippen molar-refractivity contribution in [2.75, 3.05) is 11.1 Å². The average molecular weight is 454 g/mol. The summed E-state index contributed by atoms with van der Waals surface area (Å²) >= 11 is 2.81. The van der Waals surface area contributed by atoms with E-state index < -0.39 is 0 Å². The number of hydrogen-bond acceptors (Lipinski definition) is 7. The van der Waals surface area contributed by atoms with Gasteiger partial charge in [-0.1, -0.05) is 47.4 Å². The maximum absolute atomic E-state index is 12.4. The number of amides is 1. The predicted octanol–water partition coefficient (Wildman–Crippen LogP) is 5.09. The first-order valence-electron chi connectivity index (χ1n) is 9.98. The Labute approximate surface area is 188 Å². The third kappa shape index (κ3) is 5.05. The number of thioether (sulfide) groups is 1. The Morgan fingerprint density at radius 2 is 2.06 bits per heavy atom. The summed E-state index contributed by atoms with van der Waals surface area (Å²) in [5.41, 5.74) is 2.02. The molecule has 160 valence electrons. The van der Waals surface area contributed by atoms with Crippen LogP contribution < -0.4 is 10.1 Å². The van der Waals surface area contributed by atoms with Crippen LogP contribution in [0.1, 0.15) is 31.3 Å². The molecule has 0 aliphatic carbocycles. The van der Waals surface area contributed by atoms with Crippen molar-refractivity contribution in [2.24, 2.45) is 0 Å². The summed E-state index contributed by atoms with van der Waals surface area (Å²) in [6, 6.07) is 15.7. The van der Waals surface area contributed by atoms with Crippen molar-refractivity contribution in [1.29, 1.82) is 0 Å². The number of benzene rings is 2. The molecule has 0 aliphatic heterocycles. The smallest absolute Gasteiger partial charge is 0.236 e. The Hall–Kier alpha value is -2.91. The molecule has 0 bridgehead atoms. The molecule has 4 rings (SSSR count). The number of carbonyl (C=O) groups excluding carboxylic acids is 1. The Balaban J connectivity index is 1.39. The van der Waals surface area contributed by atoms with Crippen molar-refractivity contribution in [2.45, 2.75) is 38.6 Å². The van der Waals surface area contributed by atoms with Gasteiger partial charge < -0.3 is 14.6 Å². The zero-order valence-corrected chi connectivity index (χ0v) is 19.2. The van der Waals surface area contributed by atoms with Gasteiger partial charge in [0.05, 0.1) is 16.0 Å². The van der Waals surface area contributed by atoms with E-state index in [-0.39, 0.29) is 17.8 Å². The van der Waals surface area contributed by atoms with Crippen molar-refractivity contribution < 1.29 is 9.53 Å². The van der Waals surface area contributed by atoms with E-state index in [2.05, 4.69) is 20.5 Å². The molecule has 1 unspecified atom stereocenters. The van der Waals surface area contributed by atoms with Gasteiger partial charge in [0.25, 0.3) is 0 Å². The van der Waals surface area contributed by atoms with Crippen LogP contribution >= 0.6 is 23.1 Å². The van der Waals surface area contributed by atoms with Crippen LogP contribution in [0.2, 0.25) is 0 Å². The number of nitrogens with zero attached hydrogens (tertiary/aromatic N) is 4. The first kappa shape index (κ1) is 21.3. The van der Waals surface area contributed by atoms with Crippen molar-refractivity contribution in [1.82, 2.24) is 19.7 Å². The zero-order valence-electron chi connectivity index (χ0n) is 17.5. The van der Waals surface area contributed by atoms with Crippen LogP contribution in [0.15, 0.2) is 53.7 Å². The van der Waals surface area contributed by atoms with Crippen LogP contribution in [-0.4, -0.2) is 31.4 Å². The third-order valence-electron chi connectivity index (χ3n) is 4.60. The van der Waals surface area contributed by atoms with Gasteiger partial charge in [-0.2, -0.15) is 0 Å². The molecule has 0 fully saturated rings. The fourth-order valence-corrected chi connectivity index (χ4v) is 4.85. The molecule has 0 spiro atoms. The summed E-state index contributed by atoms with van der Waals surface area (Å²) in [5, 5.41) is 12.8. The molecule has 0 aliphatic rings. The zero-order chi connectivity index (χ0) is 21.8. The SMILES string of the molecule is CCn1c(SCC(=O)Nc2nc3ccccc3s2)nnc1C(C)Oc1cccc(C)c1. The number of fused-ring (bicyclic) bond motifs is 1. The molecule has 2 heterocycles. The highest BCUT2D eigenvalue weighted by molar-refractivity contribution is 7.99. The maximum atomic E-state index is 12.4. The van der Waals surface area contributed by atoms with Crippen molar-refractivity contribution >= 4 is 44.4 Å². The van der Waals surface area contributed by atoms with E-state index in [1.165, 1.54) is 23.1 Å². The van der Waals surface area contributed by atoms with Crippen molar-refractivity contribution in [3.05, 3.63) is 59.9 Å². The summed E-state index contributed by atoms with van der Waals surface area (Å²) in [4.78, 5) is 16.9. The van der Waals surface area contributed by atoms with Crippen LogP contribution in [-0.2, 0) is 11.3 Å². The molecule has 0 radical (unpaired) electrons. The number of nitrogens with one attached hydrogen (secondary N) is 1. The number of anilines is 1. The van der Waals surface area contributed by atoms with Crippen LogP contribution in [0.25, 0.3) is 10.2 Å². The summed E-state index contributed by atoms with van der Waals surface area (Å²) < 4.78 is 9.08. The Kier molecular flexibility index (Phi) is 6.53. The lowest BCUT2D eigenvalue weighted by atomic mass is 10.2. The molecular formula is C22H23N5O2S2. The lowest BCUT2D eigenvalue weighted by Crippen LogP contribution is -2.15. The first-order valence-corrected chi connectivity index (χ1v) is 11.8. The van der Waals surface area contributed by atoms with E-state index in [0.29, 0.717) is 16.8 Å². The number of aryl methyl sites for hydroxylation is 1. The van der Waals surface area contributed by atoms with Gasteiger partial charge in [0.1, 0.15) is 5.75 Å². The maximum Gasteiger partial charge on any atom is 0.236 e. The number of ether oxygens (including phenoxy) is 1. The highest BCUT2D eigenvalue weighted by Crippen LogP contribution is 2.27. The van der Waals surface area contributed by atoms with Gasteiger partial charge in [-0.3, -0.25) is 4.79 Å². The van der Waals surface area contributed by atoms with E-state index in [4.69, 9.17) is 4.74 Å². The molecule has 2 aromatic heterocycles. The molecule has 0 saturated heterocycles. The lowest BCUT2D eigenvalue weighted by molar-refractivity contribution is -0.113.